The van der Waals surface area contributed by atoms with E-state index in [9.17, 15) is 9.65 Å². The highest BCUT2D eigenvalue weighted by molar-refractivity contribution is 5.75. The Morgan fingerprint density at radius 3 is 2.60 bits per heavy atom. The van der Waals surface area contributed by atoms with Crippen molar-refractivity contribution in [3.8, 4) is 17.3 Å². The van der Waals surface area contributed by atoms with Crippen molar-refractivity contribution < 1.29 is 8.81 Å². The van der Waals surface area contributed by atoms with Crippen molar-refractivity contribution in [1.82, 2.24) is 15.0 Å². The predicted molar refractivity (Wildman–Crippen MR) is 89.4 cm³/mol. The van der Waals surface area contributed by atoms with Gasteiger partial charge in [-0.15, -0.1) is 0 Å². The van der Waals surface area contributed by atoms with Gasteiger partial charge in [-0.2, -0.15) is 10.2 Å². The number of nitrogens with one attached hydrogen (secondary N) is 1. The van der Waals surface area contributed by atoms with Gasteiger partial charge in [0.25, 0.3) is 0 Å². The summed E-state index contributed by atoms with van der Waals surface area (Å²) in [5, 5.41) is 12.1. The Hall–Kier alpha value is -3.79. The molecule has 2 aromatic carbocycles. The van der Waals surface area contributed by atoms with Gasteiger partial charge < -0.3 is 4.42 Å². The number of anilines is 2. The summed E-state index contributed by atoms with van der Waals surface area (Å²) in [4.78, 5) is 12.7. The van der Waals surface area contributed by atoms with E-state index in [0.29, 0.717) is 22.4 Å². The minimum atomic E-state index is -0.360. The number of nitrogens with zero attached hydrogens (tertiary/aromatic N) is 4. The zero-order valence-corrected chi connectivity index (χ0v) is 12.8. The molecule has 2 aromatic heterocycles. The van der Waals surface area contributed by atoms with E-state index in [1.807, 2.05) is 24.3 Å². The second-order valence-electron chi connectivity index (χ2n) is 5.19. The minimum absolute atomic E-state index is 0.227. The first-order valence-corrected chi connectivity index (χ1v) is 7.38. The number of oxazole rings is 1. The third kappa shape index (κ3) is 2.88. The molecule has 4 aromatic rings. The molecule has 0 bridgehead atoms. The molecule has 25 heavy (non-hydrogen) atoms. The number of rotatable bonds is 3. The van der Waals surface area contributed by atoms with Gasteiger partial charge in [-0.1, -0.05) is 12.1 Å². The average Bonchev–Trinajstić information content (AvgIpc) is 3.04. The molecule has 0 saturated heterocycles. The Balaban J connectivity index is 1.72. The molecule has 1 N–H and O–H groups in total. The van der Waals surface area contributed by atoms with Crippen molar-refractivity contribution in [2.45, 2.75) is 0 Å². The zero-order chi connectivity index (χ0) is 17.2. The van der Waals surface area contributed by atoms with Crippen LogP contribution >= 0.6 is 0 Å². The maximum Gasteiger partial charge on any atom is 0.302 e. The number of hydrogen-bond donors (Lipinski definition) is 1. The molecule has 0 radical (unpaired) electrons. The largest absolute Gasteiger partial charge is 0.423 e. The summed E-state index contributed by atoms with van der Waals surface area (Å²) in [5.74, 6) is -0.133. The van der Waals surface area contributed by atoms with E-state index in [1.165, 1.54) is 18.3 Å². The molecule has 0 atom stereocenters. The summed E-state index contributed by atoms with van der Waals surface area (Å²) in [6, 6.07) is 15.4. The third-order valence-corrected chi connectivity index (χ3v) is 3.54. The zero-order valence-electron chi connectivity index (χ0n) is 12.8. The maximum absolute atomic E-state index is 13.1. The molecular formula is C18H10FN5O. The number of halogens is 1. The quantitative estimate of drug-likeness (QED) is 0.609. The molecule has 120 valence electrons. The van der Waals surface area contributed by atoms with Crippen LogP contribution in [0.2, 0.25) is 0 Å². The van der Waals surface area contributed by atoms with E-state index in [0.717, 1.165) is 0 Å². The van der Waals surface area contributed by atoms with Gasteiger partial charge in [0.1, 0.15) is 17.4 Å². The fourth-order valence-electron chi connectivity index (χ4n) is 2.37. The van der Waals surface area contributed by atoms with Crippen LogP contribution in [0.1, 0.15) is 5.56 Å². The Bertz CT molecular complexity index is 1070. The first-order chi connectivity index (χ1) is 12.2. The van der Waals surface area contributed by atoms with Crippen LogP contribution in [0.25, 0.3) is 22.4 Å². The van der Waals surface area contributed by atoms with E-state index in [1.54, 1.807) is 18.2 Å². The van der Waals surface area contributed by atoms with Crippen molar-refractivity contribution in [2.75, 3.05) is 5.32 Å². The molecule has 0 aliphatic carbocycles. The first-order valence-electron chi connectivity index (χ1n) is 7.38. The Labute approximate surface area is 141 Å². The molecule has 0 fully saturated rings. The number of nitriles is 1. The van der Waals surface area contributed by atoms with E-state index in [-0.39, 0.29) is 23.3 Å². The Kier molecular flexibility index (Phi) is 3.56. The van der Waals surface area contributed by atoms with Gasteiger partial charge >= 0.3 is 6.01 Å². The first kappa shape index (κ1) is 14.8. The average molecular weight is 331 g/mol. The predicted octanol–water partition coefficient (Wildman–Crippen LogP) is 4.04. The van der Waals surface area contributed by atoms with Gasteiger partial charge in [-0.05, 0) is 36.4 Å². The molecule has 4 rings (SSSR count). The van der Waals surface area contributed by atoms with Gasteiger partial charge in [0.05, 0.1) is 17.5 Å². The lowest BCUT2D eigenvalue weighted by atomic mass is 10.1. The van der Waals surface area contributed by atoms with Gasteiger partial charge in [0.15, 0.2) is 5.58 Å². The molecule has 0 amide bonds. The SMILES string of the molecule is N#Cc1cnc(Nc2nc3ccccc3o2)nc1-c1ccc(F)cc1. The summed E-state index contributed by atoms with van der Waals surface area (Å²) in [7, 11) is 0. The van der Waals surface area contributed by atoms with Crippen molar-refractivity contribution in [3.05, 3.63) is 66.1 Å². The number of benzene rings is 2. The highest BCUT2D eigenvalue weighted by Gasteiger charge is 2.12. The standard InChI is InChI=1S/C18H10FN5O/c19-13-7-5-11(6-8-13)16-12(9-20)10-21-17(23-16)24-18-22-14-3-1-2-4-15(14)25-18/h1-8,10H,(H,21,22,23,24). The highest BCUT2D eigenvalue weighted by Crippen LogP contribution is 2.24. The smallest absolute Gasteiger partial charge is 0.302 e. The number of hydrogen-bond acceptors (Lipinski definition) is 6. The molecule has 0 unspecified atom stereocenters. The monoisotopic (exact) mass is 331 g/mol. The lowest BCUT2D eigenvalue weighted by Gasteiger charge is -2.06. The van der Waals surface area contributed by atoms with Crippen molar-refractivity contribution >= 4 is 23.1 Å². The maximum atomic E-state index is 13.1. The van der Waals surface area contributed by atoms with Gasteiger partial charge in [-0.25, -0.2) is 14.4 Å². The fourth-order valence-corrected chi connectivity index (χ4v) is 2.37. The topological polar surface area (TPSA) is 87.6 Å². The molecule has 0 spiro atoms. The number of aromatic nitrogens is 3. The summed E-state index contributed by atoms with van der Waals surface area (Å²) >= 11 is 0. The van der Waals surface area contributed by atoms with Gasteiger partial charge in [0.2, 0.25) is 5.95 Å². The van der Waals surface area contributed by atoms with E-state index < -0.39 is 0 Å². The van der Waals surface area contributed by atoms with Crippen LogP contribution in [0.4, 0.5) is 16.4 Å². The van der Waals surface area contributed by atoms with Crippen LogP contribution in [0.5, 0.6) is 0 Å². The van der Waals surface area contributed by atoms with Crippen molar-refractivity contribution in [3.63, 3.8) is 0 Å². The van der Waals surface area contributed by atoms with Crippen molar-refractivity contribution in [1.29, 1.82) is 5.26 Å². The van der Waals surface area contributed by atoms with Gasteiger partial charge in [0, 0.05) is 5.56 Å². The summed E-state index contributed by atoms with van der Waals surface area (Å²) in [5.41, 5.74) is 2.64. The van der Waals surface area contributed by atoms with Crippen molar-refractivity contribution in [2.24, 2.45) is 0 Å². The van der Waals surface area contributed by atoms with Crippen LogP contribution < -0.4 is 5.32 Å². The molecular weight excluding hydrogens is 321 g/mol. The van der Waals surface area contributed by atoms with Crippen LogP contribution in [-0.2, 0) is 0 Å². The van der Waals surface area contributed by atoms with E-state index in [2.05, 4.69) is 20.3 Å². The summed E-state index contributed by atoms with van der Waals surface area (Å²) in [6.07, 6.45) is 1.40. The highest BCUT2D eigenvalue weighted by atomic mass is 19.1. The van der Waals surface area contributed by atoms with Crippen LogP contribution in [-0.4, -0.2) is 15.0 Å². The van der Waals surface area contributed by atoms with E-state index in [4.69, 9.17) is 4.42 Å². The normalized spacial score (nSPS) is 10.6. The Morgan fingerprint density at radius 2 is 1.84 bits per heavy atom. The van der Waals surface area contributed by atoms with Crippen LogP contribution in [0.15, 0.2) is 59.1 Å². The molecule has 0 aliphatic rings. The molecule has 2 heterocycles. The van der Waals surface area contributed by atoms with E-state index >= 15 is 0 Å². The molecule has 0 saturated carbocycles. The summed E-state index contributed by atoms with van der Waals surface area (Å²) in [6.45, 7) is 0. The summed E-state index contributed by atoms with van der Waals surface area (Å²) < 4.78 is 18.7. The van der Waals surface area contributed by atoms with Crippen LogP contribution in [0, 0.1) is 17.1 Å². The molecule has 0 aliphatic heterocycles. The lowest BCUT2D eigenvalue weighted by Crippen LogP contribution is -2.00. The third-order valence-electron chi connectivity index (χ3n) is 3.54. The second-order valence-corrected chi connectivity index (χ2v) is 5.19. The minimum Gasteiger partial charge on any atom is -0.423 e. The number of para-hydroxylation sites is 2. The Morgan fingerprint density at radius 1 is 1.04 bits per heavy atom. The molecule has 6 nitrogen and oxygen atoms in total. The lowest BCUT2D eigenvalue weighted by molar-refractivity contribution is 0.621. The second kappa shape index (κ2) is 6.02. The molecule has 7 heteroatoms. The van der Waals surface area contributed by atoms with Gasteiger partial charge in [-0.3, -0.25) is 5.32 Å². The van der Waals surface area contributed by atoms with Crippen LogP contribution in [0.3, 0.4) is 0 Å². The fraction of sp³-hybridized carbons (Fsp3) is 0. The number of fused-ring (bicyclic) bond motifs is 1.